The number of aromatic nitrogens is 1. The number of benzene rings is 2. The number of para-hydroxylation sites is 1. The van der Waals surface area contributed by atoms with Gasteiger partial charge in [-0.1, -0.05) is 84.0 Å². The molecular weight excluding hydrogens is 516 g/mol. The largest absolute Gasteiger partial charge is 0.465 e. The Bertz CT molecular complexity index is 1590. The van der Waals surface area contributed by atoms with Gasteiger partial charge >= 0.3 is 5.97 Å². The molecule has 1 atom stereocenters. The average Bonchev–Trinajstić information content (AvgIpc) is 3.28. The third-order valence-electron chi connectivity index (χ3n) is 8.11. The number of anilines is 1. The minimum absolute atomic E-state index is 0.0461. The molecule has 0 aliphatic heterocycles. The molecule has 0 spiro atoms. The molecule has 0 saturated heterocycles. The summed E-state index contributed by atoms with van der Waals surface area (Å²) in [5, 5.41) is 4.43. The lowest BCUT2D eigenvalue weighted by Crippen LogP contribution is -2.26. The van der Waals surface area contributed by atoms with Crippen molar-refractivity contribution in [3.05, 3.63) is 81.7 Å². The number of methoxy groups -OCH3 is 1. The van der Waals surface area contributed by atoms with Gasteiger partial charge < -0.3 is 10.1 Å². The van der Waals surface area contributed by atoms with Crippen LogP contribution in [0.5, 0.6) is 0 Å². The molecule has 4 aromatic rings. The highest BCUT2D eigenvalue weighted by Crippen LogP contribution is 2.44. The maximum Gasteiger partial charge on any atom is 0.341 e. The zero-order valence-electron chi connectivity index (χ0n) is 24.5. The highest BCUT2D eigenvalue weighted by atomic mass is 32.1. The fourth-order valence-electron chi connectivity index (χ4n) is 5.55. The summed E-state index contributed by atoms with van der Waals surface area (Å²) >= 11 is 1.51. The van der Waals surface area contributed by atoms with E-state index < -0.39 is 5.97 Å². The quantitative estimate of drug-likeness (QED) is 0.257. The minimum atomic E-state index is -0.402. The van der Waals surface area contributed by atoms with Gasteiger partial charge in [-0.25, -0.2) is 9.78 Å². The lowest BCUT2D eigenvalue weighted by Gasteiger charge is -2.33. The molecule has 2 aromatic heterocycles. The third kappa shape index (κ3) is 5.42. The lowest BCUT2D eigenvalue weighted by molar-refractivity contribution is 0.0600. The maximum absolute atomic E-state index is 13.9. The second-order valence-electron chi connectivity index (χ2n) is 12.9. The molecule has 2 aromatic carbocycles. The van der Waals surface area contributed by atoms with Gasteiger partial charge in [0.05, 0.1) is 29.4 Å². The van der Waals surface area contributed by atoms with Crippen LogP contribution >= 0.6 is 11.3 Å². The second-order valence-corrected chi connectivity index (χ2v) is 14.0. The van der Waals surface area contributed by atoms with E-state index in [1.54, 1.807) is 0 Å². The zero-order chi connectivity index (χ0) is 28.8. The van der Waals surface area contributed by atoms with Crippen LogP contribution in [0.2, 0.25) is 0 Å². The first-order chi connectivity index (χ1) is 18.9. The number of hydrogen-bond donors (Lipinski definition) is 1. The molecule has 208 valence electrons. The van der Waals surface area contributed by atoms with Crippen LogP contribution in [0.4, 0.5) is 5.00 Å². The van der Waals surface area contributed by atoms with Crippen molar-refractivity contribution < 1.29 is 14.3 Å². The van der Waals surface area contributed by atoms with Crippen molar-refractivity contribution in [1.29, 1.82) is 0 Å². The van der Waals surface area contributed by atoms with E-state index in [9.17, 15) is 9.59 Å². The summed E-state index contributed by atoms with van der Waals surface area (Å²) in [6.45, 7) is 13.4. The highest BCUT2D eigenvalue weighted by molar-refractivity contribution is 7.17. The Morgan fingerprint density at radius 1 is 1.00 bits per heavy atom. The average molecular weight is 555 g/mol. The highest BCUT2D eigenvalue weighted by Gasteiger charge is 2.34. The standard InChI is InChI=1S/C34H38N2O3S/c1-33(2,3)21-14-12-20(13-15-21)27-19-25(23-10-8-9-11-26(23)35-27)30(37)36-31-29(32(38)39-7)24-17-16-22(34(4,5)6)18-28(24)40-31/h8-15,19,22H,16-18H2,1-7H3,(H,36,37)/t22-/m1/s1. The number of esters is 1. The van der Waals surface area contributed by atoms with Crippen LogP contribution in [-0.4, -0.2) is 24.0 Å². The fraction of sp³-hybridized carbons (Fsp3) is 0.382. The molecule has 1 amide bonds. The van der Waals surface area contributed by atoms with Gasteiger partial charge in [0.15, 0.2) is 0 Å². The Kier molecular flexibility index (Phi) is 7.34. The first-order valence-electron chi connectivity index (χ1n) is 13.9. The van der Waals surface area contributed by atoms with Gasteiger partial charge in [0.1, 0.15) is 5.00 Å². The number of hydrogen-bond acceptors (Lipinski definition) is 5. The predicted octanol–water partition coefficient (Wildman–Crippen LogP) is 8.45. The van der Waals surface area contributed by atoms with Crippen LogP contribution < -0.4 is 5.32 Å². The third-order valence-corrected chi connectivity index (χ3v) is 9.28. The smallest absolute Gasteiger partial charge is 0.341 e. The lowest BCUT2D eigenvalue weighted by atomic mass is 9.72. The van der Waals surface area contributed by atoms with E-state index in [2.05, 4.69) is 71.1 Å². The van der Waals surface area contributed by atoms with Crippen LogP contribution in [0.3, 0.4) is 0 Å². The van der Waals surface area contributed by atoms with Crippen molar-refractivity contribution in [1.82, 2.24) is 4.98 Å². The predicted molar refractivity (Wildman–Crippen MR) is 164 cm³/mol. The Morgan fingerprint density at radius 3 is 2.35 bits per heavy atom. The molecule has 5 rings (SSSR count). The molecule has 1 N–H and O–H groups in total. The number of carbonyl (C=O) groups excluding carboxylic acids is 2. The monoisotopic (exact) mass is 554 g/mol. The van der Waals surface area contributed by atoms with Crippen molar-refractivity contribution in [3.63, 3.8) is 0 Å². The van der Waals surface area contributed by atoms with E-state index in [1.165, 1.54) is 28.9 Å². The van der Waals surface area contributed by atoms with Gasteiger partial charge in [-0.15, -0.1) is 11.3 Å². The molecule has 0 fully saturated rings. The summed E-state index contributed by atoms with van der Waals surface area (Å²) in [5.74, 6) is -0.146. The van der Waals surface area contributed by atoms with E-state index in [0.29, 0.717) is 22.0 Å². The summed E-state index contributed by atoms with van der Waals surface area (Å²) in [5.41, 5.74) is 5.93. The van der Waals surface area contributed by atoms with Crippen LogP contribution in [0.1, 0.15) is 84.7 Å². The molecule has 0 unspecified atom stereocenters. The van der Waals surface area contributed by atoms with Gasteiger partial charge in [-0.05, 0) is 59.3 Å². The topological polar surface area (TPSA) is 68.3 Å². The van der Waals surface area contributed by atoms with E-state index >= 15 is 0 Å². The van der Waals surface area contributed by atoms with E-state index in [1.807, 2.05) is 30.3 Å². The van der Waals surface area contributed by atoms with E-state index in [0.717, 1.165) is 47.0 Å². The number of nitrogens with one attached hydrogen (secondary N) is 1. The van der Waals surface area contributed by atoms with Crippen molar-refractivity contribution in [2.45, 2.75) is 66.2 Å². The Hall–Kier alpha value is -3.51. The second kappa shape index (κ2) is 10.5. The normalized spacial score (nSPS) is 15.5. The van der Waals surface area contributed by atoms with Crippen LogP contribution in [0.15, 0.2) is 54.6 Å². The number of pyridine rings is 1. The summed E-state index contributed by atoms with van der Waals surface area (Å²) in [6, 6.07) is 17.9. The van der Waals surface area contributed by atoms with Gasteiger partial charge in [-0.3, -0.25) is 4.79 Å². The summed E-state index contributed by atoms with van der Waals surface area (Å²) in [7, 11) is 1.40. The van der Waals surface area contributed by atoms with Crippen molar-refractivity contribution >= 4 is 39.1 Å². The number of thiophene rings is 1. The zero-order valence-corrected chi connectivity index (χ0v) is 25.3. The molecular formula is C34H38N2O3S. The van der Waals surface area contributed by atoms with Crippen LogP contribution in [0.25, 0.3) is 22.2 Å². The number of rotatable bonds is 4. The van der Waals surface area contributed by atoms with E-state index in [-0.39, 0.29) is 16.7 Å². The number of amides is 1. The summed E-state index contributed by atoms with van der Waals surface area (Å²) in [6.07, 6.45) is 2.72. The molecule has 2 heterocycles. The fourth-order valence-corrected chi connectivity index (χ4v) is 6.86. The number of ether oxygens (including phenoxy) is 1. The van der Waals surface area contributed by atoms with Crippen molar-refractivity contribution in [3.8, 4) is 11.3 Å². The number of carbonyl (C=O) groups is 2. The molecule has 0 radical (unpaired) electrons. The molecule has 1 aliphatic rings. The van der Waals surface area contributed by atoms with Gasteiger partial charge in [0.25, 0.3) is 5.91 Å². The number of nitrogens with zero attached hydrogens (tertiary/aromatic N) is 1. The molecule has 40 heavy (non-hydrogen) atoms. The minimum Gasteiger partial charge on any atom is -0.465 e. The Morgan fingerprint density at radius 2 is 1.70 bits per heavy atom. The van der Waals surface area contributed by atoms with Gasteiger partial charge in [-0.2, -0.15) is 0 Å². The van der Waals surface area contributed by atoms with Crippen molar-refractivity contribution in [2.75, 3.05) is 12.4 Å². The Balaban J connectivity index is 1.54. The summed E-state index contributed by atoms with van der Waals surface area (Å²) in [4.78, 5) is 32.9. The SMILES string of the molecule is COC(=O)c1c(NC(=O)c2cc(-c3ccc(C(C)(C)C)cc3)nc3ccccc23)sc2c1CC[C@@H](C(C)(C)C)C2. The Labute approximate surface area is 241 Å². The van der Waals surface area contributed by atoms with Crippen molar-refractivity contribution in [2.24, 2.45) is 11.3 Å². The first-order valence-corrected chi connectivity index (χ1v) is 14.7. The molecule has 5 nitrogen and oxygen atoms in total. The van der Waals surface area contributed by atoms with Gasteiger partial charge in [0.2, 0.25) is 0 Å². The maximum atomic E-state index is 13.9. The van der Waals surface area contributed by atoms with E-state index in [4.69, 9.17) is 9.72 Å². The summed E-state index contributed by atoms with van der Waals surface area (Å²) < 4.78 is 5.17. The molecule has 6 heteroatoms. The number of fused-ring (bicyclic) bond motifs is 2. The van der Waals surface area contributed by atoms with Gasteiger partial charge in [0, 0.05) is 15.8 Å². The molecule has 0 bridgehead atoms. The van der Waals surface area contributed by atoms with Crippen LogP contribution in [-0.2, 0) is 23.0 Å². The van der Waals surface area contributed by atoms with Crippen LogP contribution in [0, 0.1) is 11.3 Å². The first kappa shape index (κ1) is 28.0. The molecule has 0 saturated carbocycles. The molecule has 1 aliphatic carbocycles.